The van der Waals surface area contributed by atoms with E-state index in [0.717, 1.165) is 12.2 Å². The highest BCUT2D eigenvalue weighted by atomic mass is 16.2. The van der Waals surface area contributed by atoms with Gasteiger partial charge < -0.3 is 15.2 Å². The van der Waals surface area contributed by atoms with Crippen LogP contribution in [0, 0.1) is 0 Å². The number of carbonyl (C=O) groups is 1. The highest BCUT2D eigenvalue weighted by molar-refractivity contribution is 5.80. The molecule has 0 aliphatic rings. The summed E-state index contributed by atoms with van der Waals surface area (Å²) >= 11 is 0. The molecule has 0 aliphatic carbocycles. The Hall–Kier alpha value is -1.36. The Morgan fingerprint density at radius 2 is 2.40 bits per heavy atom. The number of nitrogens with zero attached hydrogens (tertiary/aromatic N) is 2. The van der Waals surface area contributed by atoms with E-state index in [9.17, 15) is 4.79 Å². The lowest BCUT2D eigenvalue weighted by Gasteiger charge is -2.12. The van der Waals surface area contributed by atoms with Crippen molar-refractivity contribution in [3.63, 3.8) is 0 Å². The first-order valence-electron chi connectivity index (χ1n) is 5.13. The van der Waals surface area contributed by atoms with Crippen molar-refractivity contribution in [2.45, 2.75) is 33.0 Å². The van der Waals surface area contributed by atoms with Crippen LogP contribution in [0.3, 0.4) is 0 Å². The topological polar surface area (TPSA) is 59.0 Å². The molecule has 1 rings (SSSR count). The second kappa shape index (κ2) is 5.50. The number of aromatic nitrogens is 2. The van der Waals surface area contributed by atoms with Gasteiger partial charge in [0.15, 0.2) is 0 Å². The first-order chi connectivity index (χ1) is 7.19. The first kappa shape index (κ1) is 11.7. The van der Waals surface area contributed by atoms with Crippen molar-refractivity contribution < 1.29 is 4.79 Å². The van der Waals surface area contributed by atoms with Gasteiger partial charge in [0.25, 0.3) is 0 Å². The molecule has 1 aromatic rings. The van der Waals surface area contributed by atoms with Crippen molar-refractivity contribution in [3.05, 3.63) is 18.2 Å². The van der Waals surface area contributed by atoms with Crippen LogP contribution < -0.4 is 10.6 Å². The maximum atomic E-state index is 11.2. The van der Waals surface area contributed by atoms with Gasteiger partial charge in [0.05, 0.1) is 18.1 Å². The molecule has 1 aromatic heterocycles. The van der Waals surface area contributed by atoms with E-state index in [1.54, 1.807) is 13.4 Å². The molecular formula is C10H18N4O. The molecular weight excluding hydrogens is 192 g/mol. The third-order valence-corrected chi connectivity index (χ3v) is 2.37. The van der Waals surface area contributed by atoms with Crippen molar-refractivity contribution in [1.82, 2.24) is 20.2 Å². The number of rotatable bonds is 5. The zero-order chi connectivity index (χ0) is 11.3. The highest BCUT2D eigenvalue weighted by Gasteiger charge is 2.10. The van der Waals surface area contributed by atoms with E-state index in [4.69, 9.17) is 0 Å². The molecule has 0 aliphatic heterocycles. The Balaban J connectivity index is 2.46. The van der Waals surface area contributed by atoms with Gasteiger partial charge in [-0.05, 0) is 13.8 Å². The fourth-order valence-corrected chi connectivity index (χ4v) is 1.35. The molecule has 0 aromatic carbocycles. The fraction of sp³-hybridized carbons (Fsp3) is 0.600. The van der Waals surface area contributed by atoms with Crippen LogP contribution in [-0.4, -0.2) is 28.5 Å². The molecule has 5 heteroatoms. The van der Waals surface area contributed by atoms with E-state index in [1.807, 2.05) is 17.7 Å². The maximum Gasteiger partial charge on any atom is 0.236 e. The number of hydrogen-bond donors (Lipinski definition) is 2. The van der Waals surface area contributed by atoms with Gasteiger partial charge in [-0.25, -0.2) is 4.98 Å². The van der Waals surface area contributed by atoms with Crippen molar-refractivity contribution in [2.24, 2.45) is 0 Å². The van der Waals surface area contributed by atoms with E-state index in [1.165, 1.54) is 0 Å². The Labute approximate surface area is 89.9 Å². The summed E-state index contributed by atoms with van der Waals surface area (Å²) in [5.41, 5.74) is 1.09. The molecule has 0 fully saturated rings. The van der Waals surface area contributed by atoms with Gasteiger partial charge >= 0.3 is 0 Å². The lowest BCUT2D eigenvalue weighted by molar-refractivity contribution is -0.122. The third kappa shape index (κ3) is 3.06. The van der Waals surface area contributed by atoms with Gasteiger partial charge in [-0.2, -0.15) is 0 Å². The van der Waals surface area contributed by atoms with Gasteiger partial charge in [0.2, 0.25) is 5.91 Å². The van der Waals surface area contributed by atoms with Crippen LogP contribution in [0.15, 0.2) is 12.5 Å². The summed E-state index contributed by atoms with van der Waals surface area (Å²) in [5.74, 6) is -0.00226. The van der Waals surface area contributed by atoms with Crippen LogP contribution in [0.4, 0.5) is 0 Å². The highest BCUT2D eigenvalue weighted by Crippen LogP contribution is 1.98. The smallest absolute Gasteiger partial charge is 0.236 e. The molecule has 0 spiro atoms. The van der Waals surface area contributed by atoms with E-state index < -0.39 is 0 Å². The monoisotopic (exact) mass is 210 g/mol. The molecule has 1 unspecified atom stereocenters. The zero-order valence-electron chi connectivity index (χ0n) is 9.45. The number of imidazole rings is 1. The zero-order valence-corrected chi connectivity index (χ0v) is 9.45. The van der Waals surface area contributed by atoms with E-state index in [0.29, 0.717) is 6.54 Å². The number of nitrogens with one attached hydrogen (secondary N) is 2. The number of aryl methyl sites for hydroxylation is 1. The Bertz CT molecular complexity index is 321. The second-order valence-corrected chi connectivity index (χ2v) is 3.39. The van der Waals surface area contributed by atoms with Crippen LogP contribution in [0.25, 0.3) is 0 Å². The molecule has 1 amide bonds. The van der Waals surface area contributed by atoms with Gasteiger partial charge in [-0.1, -0.05) is 0 Å². The van der Waals surface area contributed by atoms with Crippen LogP contribution in [-0.2, 0) is 17.9 Å². The Kier molecular flexibility index (Phi) is 4.30. The lowest BCUT2D eigenvalue weighted by Crippen LogP contribution is -2.40. The van der Waals surface area contributed by atoms with Crippen LogP contribution >= 0.6 is 0 Å². The summed E-state index contributed by atoms with van der Waals surface area (Å²) in [4.78, 5) is 15.3. The quantitative estimate of drug-likeness (QED) is 0.726. The van der Waals surface area contributed by atoms with E-state index >= 15 is 0 Å². The minimum atomic E-state index is -0.185. The van der Waals surface area contributed by atoms with Crippen LogP contribution in [0.2, 0.25) is 0 Å². The predicted octanol–water partition coefficient (Wildman–Crippen LogP) is 0.127. The molecule has 15 heavy (non-hydrogen) atoms. The molecule has 1 atom stereocenters. The van der Waals surface area contributed by atoms with Crippen molar-refractivity contribution in [2.75, 3.05) is 7.05 Å². The third-order valence-electron chi connectivity index (χ3n) is 2.37. The van der Waals surface area contributed by atoms with Crippen molar-refractivity contribution >= 4 is 5.91 Å². The molecule has 0 radical (unpaired) electrons. The van der Waals surface area contributed by atoms with Gasteiger partial charge in [0, 0.05) is 26.3 Å². The molecule has 5 nitrogen and oxygen atoms in total. The predicted molar refractivity (Wildman–Crippen MR) is 58.3 cm³/mol. The number of carbonyl (C=O) groups excluding carboxylic acids is 1. The van der Waals surface area contributed by atoms with Crippen molar-refractivity contribution in [3.8, 4) is 0 Å². The number of likely N-dealkylation sites (N-methyl/N-ethyl adjacent to an activating group) is 1. The molecule has 1 heterocycles. The Morgan fingerprint density at radius 3 is 3.00 bits per heavy atom. The minimum Gasteiger partial charge on any atom is -0.358 e. The average molecular weight is 210 g/mol. The number of amides is 1. The van der Waals surface area contributed by atoms with Gasteiger partial charge in [-0.3, -0.25) is 4.79 Å². The summed E-state index contributed by atoms with van der Waals surface area (Å²) in [6, 6.07) is -0.185. The van der Waals surface area contributed by atoms with Gasteiger partial charge in [-0.15, -0.1) is 0 Å². The lowest BCUT2D eigenvalue weighted by atomic mass is 10.3. The molecule has 2 N–H and O–H groups in total. The number of hydrogen-bond acceptors (Lipinski definition) is 3. The fourth-order valence-electron chi connectivity index (χ4n) is 1.35. The van der Waals surface area contributed by atoms with Gasteiger partial charge in [0.1, 0.15) is 0 Å². The largest absolute Gasteiger partial charge is 0.358 e. The van der Waals surface area contributed by atoms with E-state index in [-0.39, 0.29) is 11.9 Å². The van der Waals surface area contributed by atoms with Crippen LogP contribution in [0.1, 0.15) is 19.5 Å². The molecule has 0 bridgehead atoms. The standard InChI is InChI=1S/C10H18N4O/c1-4-14-7-12-5-9(14)6-13-8(2)10(15)11-3/h5,7-8,13H,4,6H2,1-3H3,(H,11,15). The molecule has 84 valence electrons. The summed E-state index contributed by atoms with van der Waals surface area (Å²) < 4.78 is 2.05. The summed E-state index contributed by atoms with van der Waals surface area (Å²) in [5, 5.41) is 5.74. The molecule has 0 saturated heterocycles. The maximum absolute atomic E-state index is 11.2. The van der Waals surface area contributed by atoms with Crippen LogP contribution in [0.5, 0.6) is 0 Å². The second-order valence-electron chi connectivity index (χ2n) is 3.39. The van der Waals surface area contributed by atoms with Crippen molar-refractivity contribution in [1.29, 1.82) is 0 Å². The normalized spacial score (nSPS) is 12.5. The first-order valence-corrected chi connectivity index (χ1v) is 5.13. The summed E-state index contributed by atoms with van der Waals surface area (Å²) in [6.45, 7) is 5.45. The minimum absolute atomic E-state index is 0.00226. The summed E-state index contributed by atoms with van der Waals surface area (Å²) in [6.07, 6.45) is 3.61. The Morgan fingerprint density at radius 1 is 1.67 bits per heavy atom. The average Bonchev–Trinajstić information content (AvgIpc) is 2.71. The SMILES string of the molecule is CCn1cncc1CNC(C)C(=O)NC. The summed E-state index contributed by atoms with van der Waals surface area (Å²) in [7, 11) is 1.64. The van der Waals surface area contributed by atoms with E-state index in [2.05, 4.69) is 22.5 Å². The molecule has 0 saturated carbocycles.